The van der Waals surface area contributed by atoms with Crippen LogP contribution >= 0.6 is 0 Å². The van der Waals surface area contributed by atoms with Crippen molar-refractivity contribution < 1.29 is 72.1 Å². The highest BCUT2D eigenvalue weighted by atomic mass is 16.6. The summed E-state index contributed by atoms with van der Waals surface area (Å²) in [4.78, 5) is 153. The zero-order valence-corrected chi connectivity index (χ0v) is 56.6. The van der Waals surface area contributed by atoms with Crippen LogP contribution in [0.2, 0.25) is 0 Å². The van der Waals surface area contributed by atoms with E-state index in [2.05, 4.69) is 31.9 Å². The van der Waals surface area contributed by atoms with E-state index in [-0.39, 0.29) is 56.1 Å². The Labute approximate surface area is 542 Å². The molecule has 2 heterocycles. The average molecular weight is 1290 g/mol. The minimum absolute atomic E-state index is 0.0880. The smallest absolute Gasteiger partial charge is 0.410 e. The third-order valence-corrected chi connectivity index (χ3v) is 17.3. The molecule has 0 radical (unpaired) electrons. The van der Waals surface area contributed by atoms with Crippen LogP contribution < -0.4 is 31.9 Å². The number of carbonyl (C=O) groups is 11. The van der Waals surface area contributed by atoms with Crippen LogP contribution in [0.25, 0.3) is 0 Å². The topological polar surface area (TPSA) is 321 Å². The maximum absolute atomic E-state index is 14.8. The van der Waals surface area contributed by atoms with Gasteiger partial charge in [0.25, 0.3) is 11.8 Å². The number of likely N-dealkylation sites (N-methyl/N-ethyl adjacent to an activating group) is 2. The third-order valence-electron chi connectivity index (χ3n) is 17.3. The van der Waals surface area contributed by atoms with E-state index >= 15 is 0 Å². The van der Waals surface area contributed by atoms with Gasteiger partial charge in [-0.3, -0.25) is 57.7 Å². The highest BCUT2D eigenvalue weighted by molar-refractivity contribution is 6.13. The number of nitrogens with zero attached hydrogens (tertiary/aromatic N) is 4. The fourth-order valence-electron chi connectivity index (χ4n) is 11.6. The van der Waals surface area contributed by atoms with Gasteiger partial charge in [0.2, 0.25) is 47.3 Å². The summed E-state index contributed by atoms with van der Waals surface area (Å²) in [5.74, 6) is -6.58. The number of benzene rings is 2. The standard InChI is InChI=1S/C67H102N10O15/c1-17-41(8)58(51(90-15)36-55(81)76-34-21-24-50(76)60(91-16)42(9)61(83)68-43(10)59(82)47-22-19-18-20-23-47)74(13)66(88)56(39(4)5)73-65(87)57(40(6)7)75(14)67(89)92-37-46-26-28-48(29-27-46)71-63(85)45(12)69-62(84)44(11)70-64(86)49(30-25-38(2)3)72-52(78)33-35-77-53(79)31-32-54(77)80/h18-20,22-23,26-29,31-32,38-45,49-51,56-60,82H,17,21,24-25,30,33-37H2,1-16H3,(H,68,83)(H,69,84)(H,70,86)(H,71,85)(H,72,78)(H,73,87)/t41-,42+,43+,44-,45-,49+,50-,51+,56-,57-,58-,59+,60+/m0/s1. The monoisotopic (exact) mass is 1290 g/mol. The van der Waals surface area contributed by atoms with Gasteiger partial charge in [0, 0.05) is 65.7 Å². The molecule has 2 aromatic rings. The number of rotatable bonds is 35. The number of hydrogen-bond donors (Lipinski definition) is 7. The van der Waals surface area contributed by atoms with Crippen molar-refractivity contribution >= 4 is 70.9 Å². The first-order valence-corrected chi connectivity index (χ1v) is 32.1. The van der Waals surface area contributed by atoms with Gasteiger partial charge in [-0.1, -0.05) is 111 Å². The van der Waals surface area contributed by atoms with Crippen molar-refractivity contribution in [2.75, 3.05) is 46.7 Å². The average Bonchev–Trinajstić information content (AvgIpc) is 1.32. The molecule has 0 unspecified atom stereocenters. The summed E-state index contributed by atoms with van der Waals surface area (Å²) < 4.78 is 17.7. The highest BCUT2D eigenvalue weighted by Crippen LogP contribution is 2.31. The molecular formula is C67H102N10O15. The Balaban J connectivity index is 1.33. The Morgan fingerprint density at radius 3 is 1.86 bits per heavy atom. The molecule has 0 bridgehead atoms. The zero-order valence-electron chi connectivity index (χ0n) is 56.6. The summed E-state index contributed by atoms with van der Waals surface area (Å²) >= 11 is 0. The Morgan fingerprint density at radius 1 is 0.685 bits per heavy atom. The second-order valence-electron chi connectivity index (χ2n) is 25.5. The first-order valence-electron chi connectivity index (χ1n) is 32.1. The number of carbonyl (C=O) groups excluding carboxylic acids is 11. The van der Waals surface area contributed by atoms with Crippen LogP contribution in [0.1, 0.15) is 145 Å². The van der Waals surface area contributed by atoms with E-state index in [4.69, 9.17) is 14.2 Å². The van der Waals surface area contributed by atoms with E-state index in [1.807, 2.05) is 45.9 Å². The molecule has 0 aromatic heterocycles. The first-order chi connectivity index (χ1) is 43.4. The molecule has 11 amide bonds. The molecule has 1 fully saturated rings. The van der Waals surface area contributed by atoms with Gasteiger partial charge in [-0.05, 0) is 93.4 Å². The number of hydrogen-bond acceptors (Lipinski definition) is 15. The number of amides is 11. The minimum atomic E-state index is -1.11. The number of ether oxygens (including phenoxy) is 3. The molecule has 92 heavy (non-hydrogen) atoms. The van der Waals surface area contributed by atoms with Crippen LogP contribution in [0, 0.1) is 29.6 Å². The largest absolute Gasteiger partial charge is 0.445 e. The van der Waals surface area contributed by atoms with Gasteiger partial charge in [-0.2, -0.15) is 0 Å². The Hall–Kier alpha value is -7.77. The van der Waals surface area contributed by atoms with Crippen LogP contribution in [0.3, 0.4) is 0 Å². The van der Waals surface area contributed by atoms with Gasteiger partial charge < -0.3 is 61.0 Å². The lowest BCUT2D eigenvalue weighted by atomic mass is 9.89. The summed E-state index contributed by atoms with van der Waals surface area (Å²) in [5.41, 5.74) is 1.57. The lowest BCUT2D eigenvalue weighted by Crippen LogP contribution is -2.60. The molecule has 4 rings (SSSR count). The molecule has 510 valence electrons. The number of likely N-dealkylation sites (tertiary alicyclic amines) is 1. The van der Waals surface area contributed by atoms with Crippen molar-refractivity contribution in [1.29, 1.82) is 0 Å². The second-order valence-corrected chi connectivity index (χ2v) is 25.5. The van der Waals surface area contributed by atoms with Crippen LogP contribution in [-0.2, 0) is 68.8 Å². The molecule has 2 aliphatic rings. The van der Waals surface area contributed by atoms with E-state index < -0.39 is 138 Å². The van der Waals surface area contributed by atoms with E-state index in [0.717, 1.165) is 17.1 Å². The number of methoxy groups -OCH3 is 2. The summed E-state index contributed by atoms with van der Waals surface area (Å²) in [6.45, 7) is 21.4. The first kappa shape index (κ1) is 76.7. The summed E-state index contributed by atoms with van der Waals surface area (Å²) in [5, 5.41) is 27.4. The van der Waals surface area contributed by atoms with Crippen LogP contribution in [0.4, 0.5) is 10.5 Å². The van der Waals surface area contributed by atoms with Crippen LogP contribution in [0.5, 0.6) is 0 Å². The van der Waals surface area contributed by atoms with Gasteiger partial charge in [0.15, 0.2) is 0 Å². The maximum atomic E-state index is 14.8. The van der Waals surface area contributed by atoms with Crippen molar-refractivity contribution in [3.8, 4) is 0 Å². The number of anilines is 1. The van der Waals surface area contributed by atoms with Gasteiger partial charge in [-0.15, -0.1) is 0 Å². The van der Waals surface area contributed by atoms with Crippen LogP contribution in [0.15, 0.2) is 66.7 Å². The molecule has 25 heteroatoms. The van der Waals surface area contributed by atoms with Gasteiger partial charge in [0.1, 0.15) is 36.8 Å². The Bertz CT molecular complexity index is 2850. The van der Waals surface area contributed by atoms with Crippen molar-refractivity contribution in [3.05, 3.63) is 77.9 Å². The second kappa shape index (κ2) is 36.5. The van der Waals surface area contributed by atoms with Crippen molar-refractivity contribution in [1.82, 2.24) is 46.2 Å². The highest BCUT2D eigenvalue weighted by Gasteiger charge is 2.44. The normalized spacial score (nSPS) is 17.9. The maximum Gasteiger partial charge on any atom is 0.410 e. The molecule has 25 nitrogen and oxygen atoms in total. The molecule has 13 atom stereocenters. The number of imide groups is 1. The van der Waals surface area contributed by atoms with E-state index in [0.29, 0.717) is 49.0 Å². The summed E-state index contributed by atoms with van der Waals surface area (Å²) in [6.07, 6.45) is 1.45. The van der Waals surface area contributed by atoms with Crippen molar-refractivity contribution in [2.24, 2.45) is 29.6 Å². The Kier molecular flexibility index (Phi) is 30.4. The van der Waals surface area contributed by atoms with Crippen molar-refractivity contribution in [3.63, 3.8) is 0 Å². The zero-order chi connectivity index (χ0) is 68.8. The lowest BCUT2D eigenvalue weighted by Gasteiger charge is -2.41. The number of aliphatic hydroxyl groups is 1. The van der Waals surface area contributed by atoms with Gasteiger partial charge in [0.05, 0.1) is 48.8 Å². The lowest BCUT2D eigenvalue weighted by molar-refractivity contribution is -0.148. The Morgan fingerprint density at radius 2 is 1.29 bits per heavy atom. The van der Waals surface area contributed by atoms with Crippen LogP contribution in [-0.4, -0.2) is 192 Å². The number of aliphatic hydroxyl groups excluding tert-OH is 1. The molecule has 0 spiro atoms. The predicted molar refractivity (Wildman–Crippen MR) is 345 cm³/mol. The molecule has 0 saturated carbocycles. The van der Waals surface area contributed by atoms with Gasteiger partial charge in [-0.25, -0.2) is 4.79 Å². The quantitative estimate of drug-likeness (QED) is 0.0458. The fraction of sp³-hybridized carbons (Fsp3) is 0.627. The molecule has 0 aliphatic carbocycles. The molecule has 1 saturated heterocycles. The van der Waals surface area contributed by atoms with E-state index in [1.165, 1.54) is 40.0 Å². The molecule has 7 N–H and O–H groups in total. The van der Waals surface area contributed by atoms with Crippen molar-refractivity contribution in [2.45, 2.75) is 201 Å². The SMILES string of the molecule is CC[C@H](C)[C@@H]([C@@H](CC(=O)N1CCC[C@H]1[C@H](OC)[C@@H](C)C(=O)N[C@H](C)[C@@H](O)c1ccccc1)OC)N(C)C(=O)[C@@H](NC(=O)[C@H](C(C)C)N(C)C(=O)OCc1ccc(NC(=O)[C@H](C)NC(=O)[C@H](C)NC(=O)[C@@H](CCC(C)C)NC(=O)CCN2C(=O)C=CC2=O)cc1)C(C)C. The summed E-state index contributed by atoms with van der Waals surface area (Å²) in [6, 6.07) is 8.47. The fourth-order valence-corrected chi connectivity index (χ4v) is 11.6. The molecule has 2 aromatic carbocycles. The van der Waals surface area contributed by atoms with E-state index in [1.54, 1.807) is 94.8 Å². The third kappa shape index (κ3) is 21.7. The van der Waals surface area contributed by atoms with E-state index in [9.17, 15) is 57.8 Å². The van der Waals surface area contributed by atoms with Gasteiger partial charge >= 0.3 is 6.09 Å². The minimum Gasteiger partial charge on any atom is -0.445 e. The molecule has 2 aliphatic heterocycles. The molecular weight excluding hydrogens is 1180 g/mol. The summed E-state index contributed by atoms with van der Waals surface area (Å²) in [7, 11) is 6.08. The number of nitrogens with one attached hydrogen (secondary N) is 6. The predicted octanol–water partition coefficient (Wildman–Crippen LogP) is 4.76.